The van der Waals surface area contributed by atoms with Crippen molar-refractivity contribution in [3.63, 3.8) is 0 Å². The van der Waals surface area contributed by atoms with E-state index < -0.39 is 0 Å². The van der Waals surface area contributed by atoms with E-state index in [0.717, 1.165) is 17.8 Å². The zero-order valence-electron chi connectivity index (χ0n) is 14.4. The van der Waals surface area contributed by atoms with Crippen molar-refractivity contribution in [2.75, 3.05) is 5.32 Å². The molecule has 0 saturated heterocycles. The molecular formula is C18H24N4OS. The number of amides is 1. The molecular weight excluding hydrogens is 320 g/mol. The van der Waals surface area contributed by atoms with Gasteiger partial charge in [-0.15, -0.1) is 0 Å². The Balaban J connectivity index is 1.88. The maximum absolute atomic E-state index is 12.2. The summed E-state index contributed by atoms with van der Waals surface area (Å²) in [6, 6.07) is 9.87. The highest BCUT2D eigenvalue weighted by Crippen LogP contribution is 2.12. The number of hydrogen-bond acceptors (Lipinski definition) is 3. The van der Waals surface area contributed by atoms with Gasteiger partial charge in [-0.2, -0.15) is 5.10 Å². The van der Waals surface area contributed by atoms with Gasteiger partial charge in [-0.1, -0.05) is 31.9 Å². The Morgan fingerprint density at radius 1 is 1.25 bits per heavy atom. The van der Waals surface area contributed by atoms with Gasteiger partial charge in [0.05, 0.1) is 5.69 Å². The van der Waals surface area contributed by atoms with Crippen LogP contribution in [0, 0.1) is 6.92 Å². The maximum Gasteiger partial charge on any atom is 0.275 e. The van der Waals surface area contributed by atoms with Gasteiger partial charge in [0.2, 0.25) is 0 Å². The first kappa shape index (κ1) is 18.1. The van der Waals surface area contributed by atoms with Crippen LogP contribution in [0.3, 0.4) is 0 Å². The Labute approximate surface area is 148 Å². The van der Waals surface area contributed by atoms with E-state index >= 15 is 0 Å². The lowest BCUT2D eigenvalue weighted by Gasteiger charge is -2.10. The highest BCUT2D eigenvalue weighted by Gasteiger charge is 2.13. The molecule has 1 heterocycles. The zero-order valence-corrected chi connectivity index (χ0v) is 15.2. The summed E-state index contributed by atoms with van der Waals surface area (Å²) in [5.41, 5.74) is 3.44. The molecule has 24 heavy (non-hydrogen) atoms. The van der Waals surface area contributed by atoms with Crippen LogP contribution in [0.1, 0.15) is 47.9 Å². The minimum Gasteiger partial charge on any atom is -0.332 e. The smallest absolute Gasteiger partial charge is 0.275 e. The van der Waals surface area contributed by atoms with Crippen molar-refractivity contribution >= 4 is 28.9 Å². The van der Waals surface area contributed by atoms with Crippen LogP contribution in [-0.2, 0) is 13.5 Å². The van der Waals surface area contributed by atoms with E-state index in [1.807, 2.05) is 19.1 Å². The van der Waals surface area contributed by atoms with Gasteiger partial charge in [-0.3, -0.25) is 14.8 Å². The van der Waals surface area contributed by atoms with Crippen LogP contribution in [0.15, 0.2) is 30.3 Å². The molecule has 2 N–H and O–H groups in total. The Morgan fingerprint density at radius 3 is 2.54 bits per heavy atom. The third-order valence-corrected chi connectivity index (χ3v) is 3.95. The molecule has 1 amide bonds. The molecule has 5 nitrogen and oxygen atoms in total. The Kier molecular flexibility index (Phi) is 6.49. The van der Waals surface area contributed by atoms with E-state index in [4.69, 9.17) is 12.2 Å². The van der Waals surface area contributed by atoms with E-state index in [1.54, 1.807) is 17.8 Å². The van der Waals surface area contributed by atoms with Crippen LogP contribution in [-0.4, -0.2) is 20.8 Å². The highest BCUT2D eigenvalue weighted by atomic mass is 32.1. The van der Waals surface area contributed by atoms with E-state index in [2.05, 4.69) is 34.8 Å². The number of aryl methyl sites for hydroxylation is 3. The van der Waals surface area contributed by atoms with Crippen LogP contribution in [0.2, 0.25) is 0 Å². The Morgan fingerprint density at radius 2 is 1.96 bits per heavy atom. The second-order valence-electron chi connectivity index (χ2n) is 5.86. The Bertz CT molecular complexity index is 706. The maximum atomic E-state index is 12.2. The second-order valence-corrected chi connectivity index (χ2v) is 6.27. The number of unbranched alkanes of at least 4 members (excludes halogenated alkanes) is 2. The van der Waals surface area contributed by atoms with Gasteiger partial charge in [-0.05, 0) is 55.7 Å². The summed E-state index contributed by atoms with van der Waals surface area (Å²) in [6.45, 7) is 4.05. The first-order valence-electron chi connectivity index (χ1n) is 8.21. The largest absolute Gasteiger partial charge is 0.332 e. The van der Waals surface area contributed by atoms with Gasteiger partial charge in [0, 0.05) is 12.7 Å². The van der Waals surface area contributed by atoms with Crippen LogP contribution in [0.25, 0.3) is 0 Å². The van der Waals surface area contributed by atoms with Gasteiger partial charge >= 0.3 is 0 Å². The molecule has 0 aliphatic rings. The first-order chi connectivity index (χ1) is 11.5. The zero-order chi connectivity index (χ0) is 17.5. The molecule has 6 heteroatoms. The quantitative estimate of drug-likeness (QED) is 0.621. The fourth-order valence-electron chi connectivity index (χ4n) is 2.49. The minimum absolute atomic E-state index is 0.271. The lowest BCUT2D eigenvalue weighted by atomic mass is 10.1. The fraction of sp³-hybridized carbons (Fsp3) is 0.389. The minimum atomic E-state index is -0.271. The summed E-state index contributed by atoms with van der Waals surface area (Å²) in [5, 5.41) is 10.1. The third-order valence-electron chi connectivity index (χ3n) is 3.74. The molecule has 0 unspecified atom stereocenters. The SMILES string of the molecule is CCCCCc1ccc(NC(=S)NC(=O)c2cc(C)nn2C)cc1. The van der Waals surface area contributed by atoms with Crippen LogP contribution >= 0.6 is 12.2 Å². The lowest BCUT2D eigenvalue weighted by molar-refractivity contribution is 0.0968. The number of aromatic nitrogens is 2. The number of thiocarbonyl (C=S) groups is 1. The molecule has 0 saturated carbocycles. The average molecular weight is 344 g/mol. The molecule has 0 fully saturated rings. The molecule has 0 aliphatic heterocycles. The first-order valence-corrected chi connectivity index (χ1v) is 8.62. The van der Waals surface area contributed by atoms with Crippen molar-refractivity contribution in [2.45, 2.75) is 39.5 Å². The number of benzene rings is 1. The molecule has 0 bridgehead atoms. The predicted molar refractivity (Wildman–Crippen MR) is 101 cm³/mol. The molecule has 0 radical (unpaired) electrons. The molecule has 0 spiro atoms. The third kappa shape index (κ3) is 5.16. The van der Waals surface area contributed by atoms with E-state index in [9.17, 15) is 4.79 Å². The van der Waals surface area contributed by atoms with Crippen LogP contribution < -0.4 is 10.6 Å². The topological polar surface area (TPSA) is 58.9 Å². The van der Waals surface area contributed by atoms with Gasteiger partial charge in [-0.25, -0.2) is 0 Å². The summed E-state index contributed by atoms with van der Waals surface area (Å²) in [5.74, 6) is -0.271. The van der Waals surface area contributed by atoms with Gasteiger partial charge in [0.1, 0.15) is 5.69 Å². The number of nitrogens with one attached hydrogen (secondary N) is 2. The number of nitrogens with zero attached hydrogens (tertiary/aromatic N) is 2. The molecule has 1 aromatic heterocycles. The van der Waals surface area contributed by atoms with Crippen molar-refractivity contribution in [3.05, 3.63) is 47.3 Å². The predicted octanol–water partition coefficient (Wildman–Crippen LogP) is 3.59. The van der Waals surface area contributed by atoms with Crippen LogP contribution in [0.4, 0.5) is 5.69 Å². The Hall–Kier alpha value is -2.21. The molecule has 128 valence electrons. The van der Waals surface area contributed by atoms with Crippen molar-refractivity contribution in [3.8, 4) is 0 Å². The van der Waals surface area contributed by atoms with Crippen molar-refractivity contribution in [2.24, 2.45) is 7.05 Å². The summed E-state index contributed by atoms with van der Waals surface area (Å²) in [7, 11) is 1.73. The molecule has 1 aromatic carbocycles. The second kappa shape index (κ2) is 8.59. The fourth-order valence-corrected chi connectivity index (χ4v) is 2.70. The van der Waals surface area contributed by atoms with Gasteiger partial charge in [0.15, 0.2) is 5.11 Å². The summed E-state index contributed by atoms with van der Waals surface area (Å²) < 4.78 is 1.54. The number of anilines is 1. The van der Waals surface area contributed by atoms with Crippen LogP contribution in [0.5, 0.6) is 0 Å². The number of carbonyl (C=O) groups is 1. The van der Waals surface area contributed by atoms with Gasteiger partial charge < -0.3 is 5.32 Å². The molecule has 2 rings (SSSR count). The summed E-state index contributed by atoms with van der Waals surface area (Å²) >= 11 is 5.21. The summed E-state index contributed by atoms with van der Waals surface area (Å²) in [4.78, 5) is 12.2. The van der Waals surface area contributed by atoms with E-state index in [0.29, 0.717) is 5.69 Å². The standard InChI is InChI=1S/C18H24N4OS/c1-4-5-6-7-14-8-10-15(11-9-14)19-18(24)20-17(23)16-12-13(2)21-22(16)3/h8-12H,4-7H2,1-3H3,(H2,19,20,23,24). The lowest BCUT2D eigenvalue weighted by Crippen LogP contribution is -2.35. The van der Waals surface area contributed by atoms with Crippen molar-refractivity contribution in [1.29, 1.82) is 0 Å². The van der Waals surface area contributed by atoms with E-state index in [1.165, 1.54) is 24.8 Å². The molecule has 0 aliphatic carbocycles. The van der Waals surface area contributed by atoms with E-state index in [-0.39, 0.29) is 11.0 Å². The molecule has 0 atom stereocenters. The average Bonchev–Trinajstić information content (AvgIpc) is 2.88. The normalized spacial score (nSPS) is 10.5. The highest BCUT2D eigenvalue weighted by molar-refractivity contribution is 7.80. The summed E-state index contributed by atoms with van der Waals surface area (Å²) in [6.07, 6.45) is 4.78. The van der Waals surface area contributed by atoms with Crippen molar-refractivity contribution in [1.82, 2.24) is 15.1 Å². The number of rotatable bonds is 6. The number of hydrogen-bond donors (Lipinski definition) is 2. The van der Waals surface area contributed by atoms with Gasteiger partial charge in [0.25, 0.3) is 5.91 Å². The monoisotopic (exact) mass is 344 g/mol. The van der Waals surface area contributed by atoms with Crippen molar-refractivity contribution < 1.29 is 4.79 Å². The number of carbonyl (C=O) groups excluding carboxylic acids is 1. The molecule has 2 aromatic rings.